The molecule has 8 rings (SSSR count). The first-order chi connectivity index (χ1) is 29.5. The Morgan fingerprint density at radius 1 is 0.613 bits per heavy atom. The molecule has 62 heavy (non-hydrogen) atoms. The average Bonchev–Trinajstić information content (AvgIpc) is 3.69. The van der Waals surface area contributed by atoms with Gasteiger partial charge in [-0.25, -0.2) is 0 Å². The summed E-state index contributed by atoms with van der Waals surface area (Å²) in [5.41, 5.74) is 23.7. The van der Waals surface area contributed by atoms with E-state index in [0.29, 0.717) is 5.92 Å². The van der Waals surface area contributed by atoms with E-state index in [1.807, 2.05) is 26.4 Å². The molecule has 2 N–H and O–H groups in total. The van der Waals surface area contributed by atoms with Crippen LogP contribution < -0.4 is 15.5 Å². The second-order valence-electron chi connectivity index (χ2n) is 19.9. The van der Waals surface area contributed by atoms with E-state index in [9.17, 15) is 0 Å². The SMILES string of the molecule is C=C(/C=C\NC)N(/C(=C/CNC)C(C)C)c1ccc(-c2ccc3c(c2)C2(c4cc(-c5ccccc5C)ccc4-3)c3cc(C(C)(C)C)ccc3-c3ccc(C(C)(C)C)cc32)c(C)c1. The molecule has 0 saturated carbocycles. The van der Waals surface area contributed by atoms with Crippen molar-refractivity contribution >= 4 is 5.69 Å². The summed E-state index contributed by atoms with van der Waals surface area (Å²) >= 11 is 0. The summed E-state index contributed by atoms with van der Waals surface area (Å²) < 4.78 is 0. The van der Waals surface area contributed by atoms with Crippen LogP contribution in [0.15, 0.2) is 152 Å². The molecule has 0 radical (unpaired) electrons. The molecule has 0 atom stereocenters. The van der Waals surface area contributed by atoms with E-state index in [-0.39, 0.29) is 10.8 Å². The van der Waals surface area contributed by atoms with Crippen molar-refractivity contribution in [2.24, 2.45) is 5.92 Å². The first kappa shape index (κ1) is 42.8. The monoisotopic (exact) mass is 816 g/mol. The average molecular weight is 816 g/mol. The number of anilines is 1. The Hall–Kier alpha value is -5.90. The highest BCUT2D eigenvalue weighted by atomic mass is 15.2. The maximum Gasteiger partial charge on any atom is 0.0726 e. The van der Waals surface area contributed by atoms with Gasteiger partial charge in [-0.2, -0.15) is 0 Å². The Labute approximate surface area is 372 Å². The summed E-state index contributed by atoms with van der Waals surface area (Å²) in [6.07, 6.45) is 6.28. The number of nitrogens with zero attached hydrogens (tertiary/aromatic N) is 1. The van der Waals surface area contributed by atoms with Gasteiger partial charge in [-0.1, -0.05) is 159 Å². The molecule has 1 spiro atoms. The normalized spacial score (nSPS) is 14.0. The van der Waals surface area contributed by atoms with Gasteiger partial charge in [-0.3, -0.25) is 0 Å². The van der Waals surface area contributed by atoms with Gasteiger partial charge in [-0.05, 0) is 163 Å². The van der Waals surface area contributed by atoms with Crippen LogP contribution in [0.2, 0.25) is 0 Å². The zero-order valence-electron chi connectivity index (χ0n) is 39.1. The summed E-state index contributed by atoms with van der Waals surface area (Å²) in [6, 6.07) is 45.0. The van der Waals surface area contributed by atoms with Gasteiger partial charge in [0.25, 0.3) is 0 Å². The first-order valence-electron chi connectivity index (χ1n) is 22.4. The van der Waals surface area contributed by atoms with Crippen LogP contribution in [0.1, 0.15) is 99.9 Å². The van der Waals surface area contributed by atoms with Crippen molar-refractivity contribution in [3.8, 4) is 44.5 Å². The quantitative estimate of drug-likeness (QED) is 0.135. The van der Waals surface area contributed by atoms with Crippen molar-refractivity contribution in [2.75, 3.05) is 25.5 Å². The summed E-state index contributed by atoms with van der Waals surface area (Å²) in [5, 5.41) is 6.47. The Kier molecular flexibility index (Phi) is 11.1. The zero-order valence-corrected chi connectivity index (χ0v) is 39.1. The predicted octanol–water partition coefficient (Wildman–Crippen LogP) is 14.4. The van der Waals surface area contributed by atoms with E-state index in [0.717, 1.165) is 17.9 Å². The largest absolute Gasteiger partial charge is 0.394 e. The summed E-state index contributed by atoms with van der Waals surface area (Å²) in [6.45, 7) is 28.3. The summed E-state index contributed by atoms with van der Waals surface area (Å²) in [4.78, 5) is 2.30. The van der Waals surface area contributed by atoms with Gasteiger partial charge in [0, 0.05) is 30.7 Å². The summed E-state index contributed by atoms with van der Waals surface area (Å²) in [5.74, 6) is 0.290. The van der Waals surface area contributed by atoms with Crippen LogP contribution >= 0.6 is 0 Å². The molecular formula is C59H65N3. The maximum absolute atomic E-state index is 4.54. The highest BCUT2D eigenvalue weighted by Gasteiger charge is 2.52. The fourth-order valence-corrected chi connectivity index (χ4v) is 10.0. The number of nitrogens with one attached hydrogen (secondary N) is 2. The third-order valence-electron chi connectivity index (χ3n) is 13.3. The Morgan fingerprint density at radius 3 is 1.56 bits per heavy atom. The van der Waals surface area contributed by atoms with Crippen LogP contribution in [-0.4, -0.2) is 20.6 Å². The molecule has 0 amide bonds. The van der Waals surface area contributed by atoms with Gasteiger partial charge < -0.3 is 15.5 Å². The number of likely N-dealkylation sites (N-methyl/N-ethyl adjacent to an activating group) is 1. The van der Waals surface area contributed by atoms with Crippen molar-refractivity contribution in [2.45, 2.75) is 85.5 Å². The van der Waals surface area contributed by atoms with E-state index in [1.165, 1.54) is 94.7 Å². The minimum Gasteiger partial charge on any atom is -0.394 e. The molecule has 3 nitrogen and oxygen atoms in total. The lowest BCUT2D eigenvalue weighted by Gasteiger charge is -2.33. The molecule has 316 valence electrons. The van der Waals surface area contributed by atoms with Crippen LogP contribution in [0, 0.1) is 19.8 Å². The Balaban J connectivity index is 1.40. The molecule has 0 heterocycles. The number of benzene rings is 6. The van der Waals surface area contributed by atoms with Gasteiger partial charge >= 0.3 is 0 Å². The molecule has 0 aromatic heterocycles. The zero-order chi connectivity index (χ0) is 44.3. The van der Waals surface area contributed by atoms with Gasteiger partial charge in [-0.15, -0.1) is 0 Å². The molecule has 6 aromatic rings. The van der Waals surface area contributed by atoms with E-state index >= 15 is 0 Å². The lowest BCUT2D eigenvalue weighted by atomic mass is 9.68. The smallest absolute Gasteiger partial charge is 0.0726 e. The van der Waals surface area contributed by atoms with Gasteiger partial charge in [0.2, 0.25) is 0 Å². The van der Waals surface area contributed by atoms with Gasteiger partial charge in [0.05, 0.1) is 5.41 Å². The minimum absolute atomic E-state index is 0.0186. The third kappa shape index (κ3) is 7.15. The molecule has 2 aliphatic rings. The number of hydrogen-bond acceptors (Lipinski definition) is 3. The van der Waals surface area contributed by atoms with E-state index in [4.69, 9.17) is 0 Å². The number of allylic oxidation sites excluding steroid dienone is 2. The van der Waals surface area contributed by atoms with Crippen molar-refractivity contribution < 1.29 is 0 Å². The van der Waals surface area contributed by atoms with E-state index in [2.05, 4.69) is 213 Å². The maximum atomic E-state index is 4.54. The molecule has 0 aliphatic heterocycles. The molecule has 0 fully saturated rings. The van der Waals surface area contributed by atoms with Crippen molar-refractivity contribution in [1.82, 2.24) is 10.6 Å². The molecule has 0 bridgehead atoms. The van der Waals surface area contributed by atoms with Crippen molar-refractivity contribution in [3.63, 3.8) is 0 Å². The van der Waals surface area contributed by atoms with Crippen LogP contribution in [0.5, 0.6) is 0 Å². The lowest BCUT2D eigenvalue weighted by molar-refractivity contribution is 0.586. The molecule has 0 saturated heterocycles. The van der Waals surface area contributed by atoms with Crippen molar-refractivity contribution in [1.29, 1.82) is 0 Å². The number of hydrogen-bond donors (Lipinski definition) is 2. The first-order valence-corrected chi connectivity index (χ1v) is 22.4. The molecular weight excluding hydrogens is 751 g/mol. The Bertz CT molecular complexity index is 2710. The van der Waals surface area contributed by atoms with Gasteiger partial charge in [0.1, 0.15) is 0 Å². The second kappa shape index (κ2) is 16.1. The fourth-order valence-electron chi connectivity index (χ4n) is 10.0. The van der Waals surface area contributed by atoms with Gasteiger partial charge in [0.15, 0.2) is 0 Å². The minimum atomic E-state index is -0.515. The lowest BCUT2D eigenvalue weighted by Crippen LogP contribution is -2.27. The topological polar surface area (TPSA) is 27.3 Å². The van der Waals surface area contributed by atoms with Crippen LogP contribution in [0.25, 0.3) is 44.5 Å². The predicted molar refractivity (Wildman–Crippen MR) is 267 cm³/mol. The fraction of sp³-hybridized carbons (Fsp3) is 0.288. The Morgan fingerprint density at radius 2 is 1.10 bits per heavy atom. The second-order valence-corrected chi connectivity index (χ2v) is 19.9. The summed E-state index contributed by atoms with van der Waals surface area (Å²) in [7, 11) is 3.91. The highest BCUT2D eigenvalue weighted by molar-refractivity contribution is 5.97. The third-order valence-corrected chi connectivity index (χ3v) is 13.3. The number of fused-ring (bicyclic) bond motifs is 10. The highest BCUT2D eigenvalue weighted by Crippen LogP contribution is 2.64. The molecule has 6 aromatic carbocycles. The van der Waals surface area contributed by atoms with Crippen LogP contribution in [-0.2, 0) is 16.2 Å². The molecule has 3 heteroatoms. The van der Waals surface area contributed by atoms with E-state index in [1.54, 1.807) is 0 Å². The standard InChI is InChI=1S/C59H65N3/c1-37(2)56(29-31-61-13)62(40(5)28-30-60-12)45-22-27-47(39(4)32-45)42-19-24-49-48-23-18-41(46-17-15-14-16-38(46)3)33-52(48)59(53(49)34-42)54-35-43(57(6,7)8)20-25-50(54)51-26-21-44(36-55(51)59)58(9,10)11/h14-30,32-37,60-61H,5,31H2,1-4,6-13H3/b30-28-,56-29+. The molecule has 0 unspecified atom stereocenters. The molecule has 2 aliphatic carbocycles. The van der Waals surface area contributed by atoms with Crippen molar-refractivity contribution in [3.05, 3.63) is 196 Å². The van der Waals surface area contributed by atoms with E-state index < -0.39 is 5.41 Å². The number of rotatable bonds is 10. The number of aryl methyl sites for hydroxylation is 2. The van der Waals surface area contributed by atoms with Crippen LogP contribution in [0.4, 0.5) is 5.69 Å². The van der Waals surface area contributed by atoms with Crippen LogP contribution in [0.3, 0.4) is 0 Å².